The highest BCUT2D eigenvalue weighted by Gasteiger charge is 2.17. The zero-order chi connectivity index (χ0) is 15.9. The summed E-state index contributed by atoms with van der Waals surface area (Å²) in [7, 11) is 0. The number of carbonyl (C=O) groups is 2. The van der Waals surface area contributed by atoms with E-state index >= 15 is 0 Å². The first-order valence-corrected chi connectivity index (χ1v) is 6.82. The smallest absolute Gasteiger partial charge is 0.308 e. The maximum absolute atomic E-state index is 11.4. The average Bonchev–Trinajstić information content (AvgIpc) is 2.52. The molecule has 2 aromatic carbocycles. The molecule has 0 radical (unpaired) electrons. The summed E-state index contributed by atoms with van der Waals surface area (Å²) in [6, 6.07) is 18.1. The summed E-state index contributed by atoms with van der Waals surface area (Å²) in [5.74, 6) is -1.20. The lowest BCUT2D eigenvalue weighted by Crippen LogP contribution is -2.05. The van der Waals surface area contributed by atoms with Crippen LogP contribution < -0.4 is 0 Å². The summed E-state index contributed by atoms with van der Waals surface area (Å²) in [4.78, 5) is 22.7. The molecule has 0 aromatic heterocycles. The van der Waals surface area contributed by atoms with Gasteiger partial charge in [-0.1, -0.05) is 60.7 Å². The van der Waals surface area contributed by atoms with Gasteiger partial charge in [-0.3, -0.25) is 9.59 Å². The largest absolute Gasteiger partial charge is 0.481 e. The van der Waals surface area contributed by atoms with Crippen LogP contribution in [-0.4, -0.2) is 17.0 Å². The van der Waals surface area contributed by atoms with Crippen LogP contribution >= 0.6 is 0 Å². The van der Waals surface area contributed by atoms with Gasteiger partial charge in [0.2, 0.25) is 0 Å². The minimum Gasteiger partial charge on any atom is -0.481 e. The number of carboxylic acids is 1. The van der Waals surface area contributed by atoms with Gasteiger partial charge in [-0.2, -0.15) is 0 Å². The van der Waals surface area contributed by atoms with E-state index < -0.39 is 11.9 Å². The second-order valence-electron chi connectivity index (χ2n) is 4.70. The number of esters is 1. The molecule has 0 heterocycles. The van der Waals surface area contributed by atoms with E-state index in [1.54, 1.807) is 24.3 Å². The second-order valence-corrected chi connectivity index (χ2v) is 4.70. The molecule has 0 aliphatic carbocycles. The average molecular weight is 296 g/mol. The summed E-state index contributed by atoms with van der Waals surface area (Å²) in [5.41, 5.74) is 1.84. The number of ether oxygens (including phenoxy) is 1. The Labute approximate surface area is 128 Å². The van der Waals surface area contributed by atoms with E-state index in [4.69, 9.17) is 4.74 Å². The minimum atomic E-state index is -0.987. The topological polar surface area (TPSA) is 63.6 Å². The molecule has 2 rings (SSSR count). The SMILES string of the molecule is CC(=O)O/C(=C(\CC(=O)O)c1ccccc1)c1ccccc1. The molecule has 0 amide bonds. The van der Waals surface area contributed by atoms with Gasteiger partial charge in [0, 0.05) is 18.1 Å². The Balaban J connectivity index is 2.64. The van der Waals surface area contributed by atoms with Crippen molar-refractivity contribution in [1.29, 1.82) is 0 Å². The van der Waals surface area contributed by atoms with Gasteiger partial charge >= 0.3 is 11.9 Å². The summed E-state index contributed by atoms with van der Waals surface area (Å²) >= 11 is 0. The van der Waals surface area contributed by atoms with Crippen LogP contribution in [0.5, 0.6) is 0 Å². The maximum Gasteiger partial charge on any atom is 0.308 e. The number of carboxylic acid groups (broad SMARTS) is 1. The molecule has 0 aliphatic rings. The lowest BCUT2D eigenvalue weighted by atomic mass is 9.98. The summed E-state index contributed by atoms with van der Waals surface area (Å²) in [6.45, 7) is 1.30. The van der Waals surface area contributed by atoms with Crippen molar-refractivity contribution in [3.8, 4) is 0 Å². The molecule has 0 bridgehead atoms. The van der Waals surface area contributed by atoms with E-state index in [1.165, 1.54) is 6.92 Å². The minimum absolute atomic E-state index is 0.235. The lowest BCUT2D eigenvalue weighted by molar-refractivity contribution is -0.136. The van der Waals surface area contributed by atoms with E-state index in [2.05, 4.69) is 0 Å². The van der Waals surface area contributed by atoms with E-state index in [0.717, 1.165) is 0 Å². The normalized spacial score (nSPS) is 11.5. The van der Waals surface area contributed by atoms with Gasteiger partial charge in [0.1, 0.15) is 5.76 Å². The predicted octanol–water partition coefficient (Wildman–Crippen LogP) is 3.59. The maximum atomic E-state index is 11.4. The van der Waals surface area contributed by atoms with Crippen molar-refractivity contribution in [2.24, 2.45) is 0 Å². The first-order chi connectivity index (χ1) is 10.6. The molecule has 0 saturated carbocycles. The third kappa shape index (κ3) is 4.06. The summed E-state index contributed by atoms with van der Waals surface area (Å²) in [5, 5.41) is 9.20. The van der Waals surface area contributed by atoms with Crippen LogP contribution in [0.25, 0.3) is 11.3 Å². The van der Waals surface area contributed by atoms with Crippen molar-refractivity contribution < 1.29 is 19.4 Å². The number of benzene rings is 2. The number of hydrogen-bond donors (Lipinski definition) is 1. The fourth-order valence-corrected chi connectivity index (χ4v) is 2.13. The molecule has 0 saturated heterocycles. The van der Waals surface area contributed by atoms with Crippen LogP contribution in [0.4, 0.5) is 0 Å². The van der Waals surface area contributed by atoms with E-state index in [0.29, 0.717) is 16.7 Å². The van der Waals surface area contributed by atoms with E-state index in [-0.39, 0.29) is 12.2 Å². The number of hydrogen-bond acceptors (Lipinski definition) is 3. The van der Waals surface area contributed by atoms with Crippen LogP contribution in [0.3, 0.4) is 0 Å². The highest BCUT2D eigenvalue weighted by atomic mass is 16.5. The van der Waals surface area contributed by atoms with Gasteiger partial charge in [-0.25, -0.2) is 0 Å². The number of carbonyl (C=O) groups excluding carboxylic acids is 1. The van der Waals surface area contributed by atoms with Crippen LogP contribution in [0.2, 0.25) is 0 Å². The van der Waals surface area contributed by atoms with E-state index in [1.807, 2.05) is 36.4 Å². The molecule has 0 unspecified atom stereocenters. The standard InChI is InChI=1S/C18H16O4/c1-13(19)22-18(15-10-6-3-7-11-15)16(12-17(20)21)14-8-4-2-5-9-14/h2-11H,12H2,1H3,(H,20,21)/b18-16+. The van der Waals surface area contributed by atoms with Gasteiger partial charge < -0.3 is 9.84 Å². The Morgan fingerprint density at radius 1 is 0.909 bits per heavy atom. The molecule has 22 heavy (non-hydrogen) atoms. The second kappa shape index (κ2) is 7.22. The van der Waals surface area contributed by atoms with Gasteiger partial charge in [-0.05, 0) is 5.56 Å². The van der Waals surface area contributed by atoms with Crippen molar-refractivity contribution in [2.75, 3.05) is 0 Å². The molecule has 1 N–H and O–H groups in total. The van der Waals surface area contributed by atoms with Crippen LogP contribution in [-0.2, 0) is 14.3 Å². The monoisotopic (exact) mass is 296 g/mol. The van der Waals surface area contributed by atoms with Gasteiger partial charge in [0.25, 0.3) is 0 Å². The van der Waals surface area contributed by atoms with Crippen molar-refractivity contribution in [1.82, 2.24) is 0 Å². The lowest BCUT2D eigenvalue weighted by Gasteiger charge is -2.14. The Bertz CT molecular complexity index is 626. The first kappa shape index (κ1) is 15.5. The molecular weight excluding hydrogens is 280 g/mol. The molecule has 4 nitrogen and oxygen atoms in total. The molecule has 4 heteroatoms. The van der Waals surface area contributed by atoms with Crippen molar-refractivity contribution in [2.45, 2.75) is 13.3 Å². The third-order valence-corrected chi connectivity index (χ3v) is 3.01. The molecule has 0 atom stereocenters. The number of rotatable bonds is 5. The summed E-state index contributed by atoms with van der Waals surface area (Å²) < 4.78 is 5.33. The molecule has 112 valence electrons. The molecule has 0 aliphatic heterocycles. The van der Waals surface area contributed by atoms with Crippen molar-refractivity contribution >= 4 is 23.3 Å². The third-order valence-electron chi connectivity index (χ3n) is 3.01. The first-order valence-electron chi connectivity index (χ1n) is 6.82. The van der Waals surface area contributed by atoms with Crippen molar-refractivity contribution in [3.05, 3.63) is 71.8 Å². The predicted molar refractivity (Wildman–Crippen MR) is 83.7 cm³/mol. The quantitative estimate of drug-likeness (QED) is 0.520. The van der Waals surface area contributed by atoms with Crippen LogP contribution in [0.1, 0.15) is 24.5 Å². The molecule has 0 fully saturated rings. The van der Waals surface area contributed by atoms with Crippen LogP contribution in [0.15, 0.2) is 60.7 Å². The van der Waals surface area contributed by atoms with Crippen LogP contribution in [0, 0.1) is 0 Å². The van der Waals surface area contributed by atoms with Gasteiger partial charge in [0.15, 0.2) is 0 Å². The zero-order valence-electron chi connectivity index (χ0n) is 12.2. The van der Waals surface area contributed by atoms with Gasteiger partial charge in [0.05, 0.1) is 6.42 Å². The highest BCUT2D eigenvalue weighted by Crippen LogP contribution is 2.30. The molecule has 2 aromatic rings. The Morgan fingerprint density at radius 2 is 1.41 bits per heavy atom. The molecular formula is C18H16O4. The fourth-order valence-electron chi connectivity index (χ4n) is 2.13. The fraction of sp³-hybridized carbons (Fsp3) is 0.111. The summed E-state index contributed by atoms with van der Waals surface area (Å²) in [6.07, 6.45) is -0.235. The molecule has 0 spiro atoms. The highest BCUT2D eigenvalue weighted by molar-refractivity contribution is 5.97. The Morgan fingerprint density at radius 3 is 1.86 bits per heavy atom. The van der Waals surface area contributed by atoms with Gasteiger partial charge in [-0.15, -0.1) is 0 Å². The zero-order valence-corrected chi connectivity index (χ0v) is 12.2. The van der Waals surface area contributed by atoms with E-state index in [9.17, 15) is 14.7 Å². The number of aliphatic carboxylic acids is 1. The van der Waals surface area contributed by atoms with Crippen molar-refractivity contribution in [3.63, 3.8) is 0 Å². The Hall–Kier alpha value is -2.88. The Kier molecular flexibility index (Phi) is 5.09.